The van der Waals surface area contributed by atoms with E-state index in [0.717, 1.165) is 5.56 Å². The zero-order valence-electron chi connectivity index (χ0n) is 11.7. The first-order valence-corrected chi connectivity index (χ1v) is 6.84. The van der Waals surface area contributed by atoms with Crippen molar-refractivity contribution in [2.24, 2.45) is 5.41 Å². The van der Waals surface area contributed by atoms with Crippen LogP contribution in [-0.2, 0) is 4.79 Å². The number of hydrogen-bond donors (Lipinski definition) is 1. The molecule has 0 aliphatic carbocycles. The fraction of sp³-hybridized carbons (Fsp3) is 0.533. The topological polar surface area (TPSA) is 40.5 Å². The fourth-order valence-corrected chi connectivity index (χ4v) is 2.85. The van der Waals surface area contributed by atoms with Gasteiger partial charge in [-0.3, -0.25) is 4.79 Å². The molecule has 0 aromatic heterocycles. The smallest absolute Gasteiger partial charge is 0.406 e. The number of likely N-dealkylation sites (tertiary alicyclic amines) is 1. The van der Waals surface area contributed by atoms with E-state index in [-0.39, 0.29) is 18.9 Å². The number of hydrogen-bond acceptors (Lipinski definition) is 2. The molecule has 3 nitrogen and oxygen atoms in total. The summed E-state index contributed by atoms with van der Waals surface area (Å²) in [6.45, 7) is 2.05. The normalized spacial score (nSPS) is 25.0. The molecule has 1 aromatic rings. The van der Waals surface area contributed by atoms with Gasteiger partial charge in [0.25, 0.3) is 0 Å². The molecule has 2 rings (SSSR count). The van der Waals surface area contributed by atoms with Crippen LogP contribution in [0.2, 0.25) is 0 Å². The lowest BCUT2D eigenvalue weighted by molar-refractivity contribution is -0.227. The third-order valence-electron chi connectivity index (χ3n) is 4.20. The van der Waals surface area contributed by atoms with Gasteiger partial charge in [-0.15, -0.1) is 0 Å². The van der Waals surface area contributed by atoms with E-state index in [1.807, 2.05) is 37.3 Å². The average Bonchev–Trinajstić information content (AvgIpc) is 2.84. The summed E-state index contributed by atoms with van der Waals surface area (Å²) in [5.74, 6) is -1.71. The minimum atomic E-state index is -4.72. The van der Waals surface area contributed by atoms with Gasteiger partial charge < -0.3 is 10.0 Å². The maximum absolute atomic E-state index is 13.1. The molecular weight excluding hydrogens is 283 g/mol. The van der Waals surface area contributed by atoms with Crippen molar-refractivity contribution in [1.29, 1.82) is 0 Å². The predicted molar refractivity (Wildman–Crippen MR) is 72.0 cm³/mol. The quantitative estimate of drug-likeness (QED) is 0.929. The SMILES string of the molecule is CC(CN1CCC(C(=O)O)(C(F)(F)F)C1)c1ccccc1. The van der Waals surface area contributed by atoms with Gasteiger partial charge in [0.05, 0.1) is 0 Å². The van der Waals surface area contributed by atoms with Crippen LogP contribution in [-0.4, -0.2) is 41.8 Å². The van der Waals surface area contributed by atoms with E-state index in [4.69, 9.17) is 5.11 Å². The number of aliphatic carboxylic acids is 1. The van der Waals surface area contributed by atoms with Crippen molar-refractivity contribution in [2.45, 2.75) is 25.4 Å². The van der Waals surface area contributed by atoms with E-state index >= 15 is 0 Å². The van der Waals surface area contributed by atoms with Crippen LogP contribution in [0.1, 0.15) is 24.8 Å². The van der Waals surface area contributed by atoms with Crippen molar-refractivity contribution in [3.63, 3.8) is 0 Å². The van der Waals surface area contributed by atoms with Crippen LogP contribution in [0.25, 0.3) is 0 Å². The molecule has 116 valence electrons. The fourth-order valence-electron chi connectivity index (χ4n) is 2.85. The van der Waals surface area contributed by atoms with Crippen molar-refractivity contribution >= 4 is 5.97 Å². The van der Waals surface area contributed by atoms with E-state index < -0.39 is 24.1 Å². The van der Waals surface area contributed by atoms with E-state index in [1.165, 1.54) is 0 Å². The number of carbonyl (C=O) groups is 1. The van der Waals surface area contributed by atoms with Gasteiger partial charge in [-0.05, 0) is 24.4 Å². The van der Waals surface area contributed by atoms with E-state index in [0.29, 0.717) is 6.54 Å². The van der Waals surface area contributed by atoms with Gasteiger partial charge in [0.15, 0.2) is 5.41 Å². The number of nitrogens with zero attached hydrogens (tertiary/aromatic N) is 1. The van der Waals surface area contributed by atoms with Gasteiger partial charge in [-0.2, -0.15) is 13.2 Å². The highest BCUT2D eigenvalue weighted by molar-refractivity contribution is 5.76. The summed E-state index contributed by atoms with van der Waals surface area (Å²) < 4.78 is 39.3. The number of rotatable bonds is 4. The summed E-state index contributed by atoms with van der Waals surface area (Å²) in [5, 5.41) is 9.02. The second-order valence-corrected chi connectivity index (χ2v) is 5.68. The van der Waals surface area contributed by atoms with Gasteiger partial charge in [-0.1, -0.05) is 37.3 Å². The second kappa shape index (κ2) is 5.67. The summed E-state index contributed by atoms with van der Waals surface area (Å²) in [6, 6.07) is 9.50. The molecule has 1 fully saturated rings. The Morgan fingerprint density at radius 3 is 2.48 bits per heavy atom. The highest BCUT2D eigenvalue weighted by Gasteiger charge is 2.63. The third-order valence-corrected chi connectivity index (χ3v) is 4.20. The molecule has 6 heteroatoms. The summed E-state index contributed by atoms with van der Waals surface area (Å²) in [5.41, 5.74) is -1.58. The molecule has 0 saturated carbocycles. The molecule has 0 amide bonds. The Kier molecular flexibility index (Phi) is 4.27. The molecule has 21 heavy (non-hydrogen) atoms. The molecule has 2 atom stereocenters. The van der Waals surface area contributed by atoms with E-state index in [9.17, 15) is 18.0 Å². The minimum Gasteiger partial charge on any atom is -0.481 e. The first-order chi connectivity index (χ1) is 9.76. The van der Waals surface area contributed by atoms with Crippen LogP contribution in [0.4, 0.5) is 13.2 Å². The standard InChI is InChI=1S/C15H18F3NO2/c1-11(12-5-3-2-4-6-12)9-19-8-7-14(10-19,13(20)21)15(16,17)18/h2-6,11H,7-10H2,1H3,(H,20,21). The number of benzene rings is 1. The molecule has 0 radical (unpaired) electrons. The van der Waals surface area contributed by atoms with Crippen LogP contribution < -0.4 is 0 Å². The lowest BCUT2D eigenvalue weighted by Crippen LogP contribution is -2.47. The van der Waals surface area contributed by atoms with Crippen LogP contribution in [0.5, 0.6) is 0 Å². The van der Waals surface area contributed by atoms with Crippen molar-refractivity contribution < 1.29 is 23.1 Å². The molecule has 1 N–H and O–H groups in total. The van der Waals surface area contributed by atoms with Gasteiger partial charge in [0.2, 0.25) is 0 Å². The Morgan fingerprint density at radius 2 is 2.00 bits per heavy atom. The zero-order valence-corrected chi connectivity index (χ0v) is 11.7. The molecule has 2 unspecified atom stereocenters. The van der Waals surface area contributed by atoms with Gasteiger partial charge in [-0.25, -0.2) is 0 Å². The second-order valence-electron chi connectivity index (χ2n) is 5.68. The van der Waals surface area contributed by atoms with Gasteiger partial charge in [0.1, 0.15) is 0 Å². The molecule has 1 heterocycles. The van der Waals surface area contributed by atoms with Crippen molar-refractivity contribution in [1.82, 2.24) is 4.90 Å². The molecule has 0 bridgehead atoms. The Balaban J connectivity index is 2.07. The predicted octanol–water partition coefficient (Wildman–Crippen LogP) is 3.13. The Labute approximate surface area is 121 Å². The number of halogens is 3. The maximum atomic E-state index is 13.1. The average molecular weight is 301 g/mol. The van der Waals surface area contributed by atoms with Crippen molar-refractivity contribution in [3.05, 3.63) is 35.9 Å². The molecule has 0 spiro atoms. The largest absolute Gasteiger partial charge is 0.481 e. The summed E-state index contributed by atoms with van der Waals surface area (Å²) >= 11 is 0. The highest BCUT2D eigenvalue weighted by Crippen LogP contribution is 2.46. The molecule has 1 aliphatic heterocycles. The Morgan fingerprint density at radius 1 is 1.38 bits per heavy atom. The first kappa shape index (κ1) is 15.8. The van der Waals surface area contributed by atoms with Gasteiger partial charge >= 0.3 is 12.1 Å². The van der Waals surface area contributed by atoms with Crippen LogP contribution in [0.3, 0.4) is 0 Å². The number of carboxylic acid groups (broad SMARTS) is 1. The summed E-state index contributed by atoms with van der Waals surface area (Å²) in [4.78, 5) is 12.7. The van der Waals surface area contributed by atoms with E-state index in [1.54, 1.807) is 4.90 Å². The maximum Gasteiger partial charge on any atom is 0.406 e. The van der Waals surface area contributed by atoms with Crippen LogP contribution >= 0.6 is 0 Å². The lowest BCUT2D eigenvalue weighted by Gasteiger charge is -2.28. The van der Waals surface area contributed by atoms with Crippen LogP contribution in [0, 0.1) is 5.41 Å². The summed E-state index contributed by atoms with van der Waals surface area (Å²) in [6.07, 6.45) is -5.10. The number of alkyl halides is 3. The van der Waals surface area contributed by atoms with Gasteiger partial charge in [0, 0.05) is 13.1 Å². The van der Waals surface area contributed by atoms with Crippen molar-refractivity contribution in [2.75, 3.05) is 19.6 Å². The van der Waals surface area contributed by atoms with E-state index in [2.05, 4.69) is 0 Å². The van der Waals surface area contributed by atoms with Crippen molar-refractivity contribution in [3.8, 4) is 0 Å². The number of carboxylic acids is 1. The third kappa shape index (κ3) is 3.05. The molecule has 1 aliphatic rings. The van der Waals surface area contributed by atoms with Crippen LogP contribution in [0.15, 0.2) is 30.3 Å². The minimum absolute atomic E-state index is 0.0593. The highest BCUT2D eigenvalue weighted by atomic mass is 19.4. The Bertz CT molecular complexity index is 503. The molecular formula is C15H18F3NO2. The lowest BCUT2D eigenvalue weighted by atomic mass is 9.86. The molecule has 1 saturated heterocycles. The zero-order chi connectivity index (χ0) is 15.7. The summed E-state index contributed by atoms with van der Waals surface area (Å²) in [7, 11) is 0. The Hall–Kier alpha value is -1.56. The first-order valence-electron chi connectivity index (χ1n) is 6.84. The monoisotopic (exact) mass is 301 g/mol. The molecule has 1 aromatic carbocycles.